The summed E-state index contributed by atoms with van der Waals surface area (Å²) in [5.41, 5.74) is 0. The fourth-order valence-corrected chi connectivity index (χ4v) is 1.39. The number of nitrogens with zero attached hydrogens (tertiary/aromatic N) is 1. The SMILES string of the molecule is COC1CN(CCO)CC1O. The molecule has 1 aliphatic heterocycles. The largest absolute Gasteiger partial charge is 0.395 e. The lowest BCUT2D eigenvalue weighted by Gasteiger charge is -2.12. The molecule has 2 unspecified atom stereocenters. The van der Waals surface area contributed by atoms with Gasteiger partial charge in [0, 0.05) is 26.7 Å². The molecule has 0 saturated carbocycles. The molecule has 1 fully saturated rings. The summed E-state index contributed by atoms with van der Waals surface area (Å²) in [7, 11) is 1.59. The van der Waals surface area contributed by atoms with Crippen LogP contribution in [0.25, 0.3) is 0 Å². The number of hydrogen-bond donors (Lipinski definition) is 2. The van der Waals surface area contributed by atoms with Crippen LogP contribution in [0.15, 0.2) is 0 Å². The lowest BCUT2D eigenvalue weighted by atomic mass is 10.3. The summed E-state index contributed by atoms with van der Waals surface area (Å²) < 4.78 is 5.03. The topological polar surface area (TPSA) is 52.9 Å². The van der Waals surface area contributed by atoms with Gasteiger partial charge in [0.1, 0.15) is 0 Å². The summed E-state index contributed by atoms with van der Waals surface area (Å²) in [4.78, 5) is 1.98. The van der Waals surface area contributed by atoms with Crippen molar-refractivity contribution in [2.24, 2.45) is 0 Å². The minimum absolute atomic E-state index is 0.0819. The number of rotatable bonds is 3. The van der Waals surface area contributed by atoms with Crippen molar-refractivity contribution in [2.75, 3.05) is 33.4 Å². The lowest BCUT2D eigenvalue weighted by molar-refractivity contribution is 0.0214. The molecule has 11 heavy (non-hydrogen) atoms. The van der Waals surface area contributed by atoms with E-state index in [1.807, 2.05) is 4.90 Å². The monoisotopic (exact) mass is 161 g/mol. The number of likely N-dealkylation sites (tertiary alicyclic amines) is 1. The Hall–Kier alpha value is -0.160. The molecule has 2 atom stereocenters. The Kier molecular flexibility index (Phi) is 3.26. The summed E-state index contributed by atoms with van der Waals surface area (Å²) in [5, 5.41) is 17.9. The molecule has 1 aliphatic rings. The van der Waals surface area contributed by atoms with Crippen molar-refractivity contribution in [2.45, 2.75) is 12.2 Å². The summed E-state index contributed by atoms with van der Waals surface area (Å²) in [6.07, 6.45) is -0.479. The minimum atomic E-state index is -0.397. The quantitative estimate of drug-likeness (QED) is 0.538. The number of aliphatic hydroxyl groups is 2. The highest BCUT2D eigenvalue weighted by Gasteiger charge is 2.30. The Morgan fingerprint density at radius 1 is 1.55 bits per heavy atom. The molecule has 0 aromatic carbocycles. The molecule has 0 amide bonds. The van der Waals surface area contributed by atoms with E-state index in [-0.39, 0.29) is 12.7 Å². The van der Waals surface area contributed by atoms with Gasteiger partial charge in [0.2, 0.25) is 0 Å². The van der Waals surface area contributed by atoms with Gasteiger partial charge in [-0.3, -0.25) is 4.90 Å². The van der Waals surface area contributed by atoms with Gasteiger partial charge in [-0.05, 0) is 0 Å². The van der Waals surface area contributed by atoms with Crippen molar-refractivity contribution >= 4 is 0 Å². The summed E-state index contributed by atoms with van der Waals surface area (Å²) >= 11 is 0. The summed E-state index contributed by atoms with van der Waals surface area (Å²) in [5.74, 6) is 0. The second kappa shape index (κ2) is 4.01. The molecule has 4 nitrogen and oxygen atoms in total. The van der Waals surface area contributed by atoms with E-state index < -0.39 is 6.10 Å². The van der Waals surface area contributed by atoms with Gasteiger partial charge in [-0.25, -0.2) is 0 Å². The Labute approximate surface area is 66.4 Å². The zero-order valence-electron chi connectivity index (χ0n) is 6.73. The zero-order chi connectivity index (χ0) is 8.27. The highest BCUT2D eigenvalue weighted by molar-refractivity contribution is 4.83. The van der Waals surface area contributed by atoms with Gasteiger partial charge in [0.15, 0.2) is 0 Å². The first-order chi connectivity index (χ1) is 5.27. The molecule has 1 rings (SSSR count). The van der Waals surface area contributed by atoms with Crippen molar-refractivity contribution in [3.05, 3.63) is 0 Å². The average molecular weight is 161 g/mol. The van der Waals surface area contributed by atoms with Gasteiger partial charge >= 0.3 is 0 Å². The molecule has 0 aromatic rings. The van der Waals surface area contributed by atoms with Crippen LogP contribution in [0.4, 0.5) is 0 Å². The first-order valence-corrected chi connectivity index (χ1v) is 3.82. The van der Waals surface area contributed by atoms with E-state index in [0.717, 1.165) is 6.54 Å². The van der Waals surface area contributed by atoms with Crippen LogP contribution in [-0.2, 0) is 4.74 Å². The molecule has 0 aromatic heterocycles. The Balaban J connectivity index is 2.30. The normalized spacial score (nSPS) is 33.0. The molecule has 0 aliphatic carbocycles. The second-order valence-corrected chi connectivity index (χ2v) is 2.82. The predicted molar refractivity (Wildman–Crippen MR) is 40.3 cm³/mol. The molecule has 0 radical (unpaired) electrons. The van der Waals surface area contributed by atoms with E-state index in [0.29, 0.717) is 13.1 Å². The van der Waals surface area contributed by atoms with Crippen LogP contribution in [0.3, 0.4) is 0 Å². The van der Waals surface area contributed by atoms with Crippen molar-refractivity contribution in [3.8, 4) is 0 Å². The molecule has 66 valence electrons. The van der Waals surface area contributed by atoms with E-state index >= 15 is 0 Å². The zero-order valence-corrected chi connectivity index (χ0v) is 6.73. The third kappa shape index (κ3) is 2.13. The molecule has 0 bridgehead atoms. The van der Waals surface area contributed by atoms with Crippen LogP contribution in [0, 0.1) is 0 Å². The predicted octanol–water partition coefficient (Wildman–Crippen LogP) is -1.33. The molecule has 2 N–H and O–H groups in total. The van der Waals surface area contributed by atoms with Gasteiger partial charge in [0.05, 0.1) is 18.8 Å². The Bertz CT molecular complexity index is 120. The fourth-order valence-electron chi connectivity index (χ4n) is 1.39. The molecule has 0 spiro atoms. The van der Waals surface area contributed by atoms with Gasteiger partial charge in [0.25, 0.3) is 0 Å². The number of methoxy groups -OCH3 is 1. The van der Waals surface area contributed by atoms with Crippen LogP contribution >= 0.6 is 0 Å². The highest BCUT2D eigenvalue weighted by Crippen LogP contribution is 2.11. The number of aliphatic hydroxyl groups excluding tert-OH is 2. The average Bonchev–Trinajstić information content (AvgIpc) is 2.32. The van der Waals surface area contributed by atoms with Crippen LogP contribution in [-0.4, -0.2) is 60.7 Å². The number of hydrogen-bond acceptors (Lipinski definition) is 4. The fraction of sp³-hybridized carbons (Fsp3) is 1.00. The third-order valence-corrected chi connectivity index (χ3v) is 2.03. The van der Waals surface area contributed by atoms with E-state index in [1.54, 1.807) is 7.11 Å². The first-order valence-electron chi connectivity index (χ1n) is 3.82. The second-order valence-electron chi connectivity index (χ2n) is 2.82. The molecule has 1 saturated heterocycles. The third-order valence-electron chi connectivity index (χ3n) is 2.03. The molecule has 1 heterocycles. The molecular formula is C7H15NO3. The van der Waals surface area contributed by atoms with Crippen LogP contribution < -0.4 is 0 Å². The summed E-state index contributed by atoms with van der Waals surface area (Å²) in [6.45, 7) is 2.09. The van der Waals surface area contributed by atoms with Crippen molar-refractivity contribution in [3.63, 3.8) is 0 Å². The van der Waals surface area contributed by atoms with E-state index in [4.69, 9.17) is 9.84 Å². The number of β-amino-alcohol motifs (C(OH)–C–C–N with tert-alkyl or cyclic N) is 2. The maximum absolute atomic E-state index is 9.34. The van der Waals surface area contributed by atoms with Gasteiger partial charge in [-0.15, -0.1) is 0 Å². The first kappa shape index (κ1) is 8.93. The molecular weight excluding hydrogens is 146 g/mol. The van der Waals surface area contributed by atoms with Crippen molar-refractivity contribution in [1.82, 2.24) is 4.90 Å². The van der Waals surface area contributed by atoms with E-state index in [2.05, 4.69) is 0 Å². The van der Waals surface area contributed by atoms with Crippen molar-refractivity contribution in [1.29, 1.82) is 0 Å². The molecule has 4 heteroatoms. The van der Waals surface area contributed by atoms with Gasteiger partial charge < -0.3 is 14.9 Å². The van der Waals surface area contributed by atoms with Gasteiger partial charge in [-0.1, -0.05) is 0 Å². The van der Waals surface area contributed by atoms with Crippen LogP contribution in [0.1, 0.15) is 0 Å². The summed E-state index contributed by atoms with van der Waals surface area (Å²) in [6, 6.07) is 0. The van der Waals surface area contributed by atoms with Gasteiger partial charge in [-0.2, -0.15) is 0 Å². The minimum Gasteiger partial charge on any atom is -0.395 e. The van der Waals surface area contributed by atoms with E-state index in [9.17, 15) is 5.11 Å². The Morgan fingerprint density at radius 3 is 2.73 bits per heavy atom. The maximum atomic E-state index is 9.34. The van der Waals surface area contributed by atoms with Crippen LogP contribution in [0.2, 0.25) is 0 Å². The van der Waals surface area contributed by atoms with Crippen molar-refractivity contribution < 1.29 is 14.9 Å². The van der Waals surface area contributed by atoms with Crippen LogP contribution in [0.5, 0.6) is 0 Å². The van der Waals surface area contributed by atoms with E-state index in [1.165, 1.54) is 0 Å². The number of ether oxygens (including phenoxy) is 1. The Morgan fingerprint density at radius 2 is 2.27 bits per heavy atom. The maximum Gasteiger partial charge on any atom is 0.0969 e. The standard InChI is InChI=1S/C7H15NO3/c1-11-7-5-8(2-3-9)4-6(7)10/h6-7,9-10H,2-5H2,1H3. The smallest absolute Gasteiger partial charge is 0.0969 e. The lowest BCUT2D eigenvalue weighted by Crippen LogP contribution is -2.25. The highest BCUT2D eigenvalue weighted by atomic mass is 16.5.